The smallest absolute Gasteiger partial charge is 0.326 e. The lowest BCUT2D eigenvalue weighted by atomic mass is 10.2. The van der Waals surface area contributed by atoms with Crippen LogP contribution in [0.25, 0.3) is 11.3 Å². The van der Waals surface area contributed by atoms with Crippen LogP contribution in [0.3, 0.4) is 0 Å². The zero-order valence-electron chi connectivity index (χ0n) is 16.2. The molecule has 0 aliphatic rings. The SMILES string of the molecule is CCOP(=O)(N=C(Nc1ccccc1)Nc1nc(-c2ccccc2)cs1)OCC. The number of nitrogens with one attached hydrogen (secondary N) is 2. The molecule has 1 aromatic heterocycles. The van der Waals surface area contributed by atoms with Crippen molar-refractivity contribution in [2.75, 3.05) is 23.8 Å². The molecule has 0 saturated heterocycles. The summed E-state index contributed by atoms with van der Waals surface area (Å²) in [6, 6.07) is 19.3. The van der Waals surface area contributed by atoms with Crippen LogP contribution in [0, 0.1) is 0 Å². The largest absolute Gasteiger partial charge is 0.457 e. The van der Waals surface area contributed by atoms with Crippen LogP contribution in [0.15, 0.2) is 70.8 Å². The first kappa shape index (κ1) is 21.2. The molecule has 0 atom stereocenters. The fourth-order valence-corrected chi connectivity index (χ4v) is 4.36. The van der Waals surface area contributed by atoms with Crippen molar-refractivity contribution in [3.63, 3.8) is 0 Å². The number of hydrogen-bond acceptors (Lipinski definition) is 5. The molecule has 0 spiro atoms. The van der Waals surface area contributed by atoms with E-state index in [0.717, 1.165) is 16.9 Å². The lowest BCUT2D eigenvalue weighted by Gasteiger charge is -2.15. The van der Waals surface area contributed by atoms with E-state index in [2.05, 4.69) is 20.4 Å². The summed E-state index contributed by atoms with van der Waals surface area (Å²) in [6.07, 6.45) is 0. The number of para-hydroxylation sites is 1. The maximum Gasteiger partial charge on any atom is 0.457 e. The summed E-state index contributed by atoms with van der Waals surface area (Å²) in [7, 11) is -3.66. The third-order valence-corrected chi connectivity index (χ3v) is 6.01. The minimum atomic E-state index is -3.66. The fourth-order valence-electron chi connectivity index (χ4n) is 2.46. The van der Waals surface area contributed by atoms with Gasteiger partial charge in [-0.25, -0.2) is 9.55 Å². The van der Waals surface area contributed by atoms with E-state index in [1.165, 1.54) is 11.3 Å². The Bertz CT molecular complexity index is 970. The maximum atomic E-state index is 12.9. The molecule has 3 rings (SSSR count). The highest BCUT2D eigenvalue weighted by atomic mass is 32.1. The number of hydrogen-bond donors (Lipinski definition) is 2. The van der Waals surface area contributed by atoms with Crippen LogP contribution in [0.1, 0.15) is 13.8 Å². The third kappa shape index (κ3) is 6.24. The predicted octanol–water partition coefficient (Wildman–Crippen LogP) is 5.87. The highest BCUT2D eigenvalue weighted by Crippen LogP contribution is 2.49. The molecule has 3 aromatic rings. The van der Waals surface area contributed by atoms with E-state index >= 15 is 0 Å². The van der Waals surface area contributed by atoms with Crippen LogP contribution < -0.4 is 10.6 Å². The molecule has 2 N–H and O–H groups in total. The van der Waals surface area contributed by atoms with Crippen molar-refractivity contribution >= 4 is 35.9 Å². The van der Waals surface area contributed by atoms with Gasteiger partial charge in [0.05, 0.1) is 18.9 Å². The number of nitrogens with zero attached hydrogens (tertiary/aromatic N) is 2. The summed E-state index contributed by atoms with van der Waals surface area (Å²) >= 11 is 1.42. The van der Waals surface area contributed by atoms with Crippen molar-refractivity contribution < 1.29 is 13.6 Å². The Morgan fingerprint density at radius 1 is 1.00 bits per heavy atom. The van der Waals surface area contributed by atoms with Gasteiger partial charge < -0.3 is 10.6 Å². The van der Waals surface area contributed by atoms with Crippen molar-refractivity contribution in [3.8, 4) is 11.3 Å². The van der Waals surface area contributed by atoms with Crippen LogP contribution in [0.4, 0.5) is 10.8 Å². The second-order valence-corrected chi connectivity index (χ2v) is 8.28. The number of guanidine groups is 1. The first-order valence-electron chi connectivity index (χ1n) is 9.21. The summed E-state index contributed by atoms with van der Waals surface area (Å²) in [4.78, 5) is 4.60. The van der Waals surface area contributed by atoms with Crippen molar-refractivity contribution in [3.05, 3.63) is 66.0 Å². The second-order valence-electron chi connectivity index (χ2n) is 5.77. The second kappa shape index (κ2) is 10.3. The molecule has 152 valence electrons. The number of benzene rings is 2. The molecule has 0 unspecified atom stereocenters. The zero-order chi connectivity index (χ0) is 20.5. The van der Waals surface area contributed by atoms with Gasteiger partial charge in [0, 0.05) is 16.6 Å². The Hall–Kier alpha value is -2.51. The normalized spacial score (nSPS) is 12.0. The Kier molecular flexibility index (Phi) is 7.55. The monoisotopic (exact) mass is 430 g/mol. The fraction of sp³-hybridized carbons (Fsp3) is 0.200. The quantitative estimate of drug-likeness (QED) is 0.264. The number of rotatable bonds is 8. The molecule has 0 amide bonds. The molecule has 29 heavy (non-hydrogen) atoms. The Morgan fingerprint density at radius 3 is 2.24 bits per heavy atom. The van der Waals surface area contributed by atoms with E-state index in [-0.39, 0.29) is 19.2 Å². The molecule has 0 aliphatic carbocycles. The molecule has 0 fully saturated rings. The molecule has 0 radical (unpaired) electrons. The van der Waals surface area contributed by atoms with Gasteiger partial charge in [-0.1, -0.05) is 48.5 Å². The van der Waals surface area contributed by atoms with E-state index in [1.807, 2.05) is 66.0 Å². The van der Waals surface area contributed by atoms with Gasteiger partial charge in [0.1, 0.15) is 0 Å². The van der Waals surface area contributed by atoms with Crippen molar-refractivity contribution in [1.82, 2.24) is 4.98 Å². The number of thiazole rings is 1. The van der Waals surface area contributed by atoms with Gasteiger partial charge in [-0.2, -0.15) is 0 Å². The minimum absolute atomic E-state index is 0.217. The molecular formula is C20H23N4O3PS. The van der Waals surface area contributed by atoms with Crippen LogP contribution >= 0.6 is 19.1 Å². The third-order valence-electron chi connectivity index (χ3n) is 3.64. The highest BCUT2D eigenvalue weighted by Gasteiger charge is 2.24. The van der Waals surface area contributed by atoms with Gasteiger partial charge in [-0.3, -0.25) is 9.05 Å². The van der Waals surface area contributed by atoms with Crippen LogP contribution in [-0.2, 0) is 13.6 Å². The van der Waals surface area contributed by atoms with Gasteiger partial charge in [-0.15, -0.1) is 16.1 Å². The molecule has 0 aliphatic heterocycles. The lowest BCUT2D eigenvalue weighted by Crippen LogP contribution is -2.22. The zero-order valence-corrected chi connectivity index (χ0v) is 18.0. The van der Waals surface area contributed by atoms with E-state index in [1.54, 1.807) is 13.8 Å². The standard InChI is InChI=1S/C20H23N4O3PS/c1-3-26-28(25,27-4-2)24-19(21-17-13-9-6-10-14-17)23-20-22-18(15-29-20)16-11-7-5-8-12-16/h5-15H,3-4H2,1-2H3,(H2,21,22,23,24,25). The summed E-state index contributed by atoms with van der Waals surface area (Å²) in [6.45, 7) is 3.92. The van der Waals surface area contributed by atoms with Crippen molar-refractivity contribution in [1.29, 1.82) is 0 Å². The summed E-state index contributed by atoms with van der Waals surface area (Å²) < 4.78 is 27.7. The number of anilines is 2. The molecule has 0 saturated carbocycles. The average molecular weight is 430 g/mol. The van der Waals surface area contributed by atoms with E-state index < -0.39 is 7.75 Å². The minimum Gasteiger partial charge on any atom is -0.326 e. The molecule has 0 bridgehead atoms. The summed E-state index contributed by atoms with van der Waals surface area (Å²) in [5.74, 6) is 0.232. The first-order valence-corrected chi connectivity index (χ1v) is 11.6. The Morgan fingerprint density at radius 2 is 1.62 bits per heavy atom. The van der Waals surface area contributed by atoms with Gasteiger partial charge in [0.15, 0.2) is 5.13 Å². The predicted molar refractivity (Wildman–Crippen MR) is 120 cm³/mol. The average Bonchev–Trinajstić information content (AvgIpc) is 3.18. The van der Waals surface area contributed by atoms with Gasteiger partial charge >= 0.3 is 7.75 Å². The lowest BCUT2D eigenvalue weighted by molar-refractivity contribution is 0.221. The van der Waals surface area contributed by atoms with Gasteiger partial charge in [-0.05, 0) is 26.0 Å². The Labute approximate surface area is 174 Å². The Balaban J connectivity index is 1.88. The van der Waals surface area contributed by atoms with Gasteiger partial charge in [0.25, 0.3) is 0 Å². The van der Waals surface area contributed by atoms with Crippen LogP contribution in [0.5, 0.6) is 0 Å². The highest BCUT2D eigenvalue weighted by molar-refractivity contribution is 7.52. The molecule has 7 nitrogen and oxygen atoms in total. The summed E-state index contributed by atoms with van der Waals surface area (Å²) in [5.41, 5.74) is 2.63. The van der Waals surface area contributed by atoms with E-state index in [9.17, 15) is 4.57 Å². The topological polar surface area (TPSA) is 84.8 Å². The van der Waals surface area contributed by atoms with Crippen LogP contribution in [0.2, 0.25) is 0 Å². The number of aromatic nitrogens is 1. The molecule has 9 heteroatoms. The van der Waals surface area contributed by atoms with Crippen molar-refractivity contribution in [2.24, 2.45) is 4.76 Å². The van der Waals surface area contributed by atoms with Crippen molar-refractivity contribution in [2.45, 2.75) is 13.8 Å². The molecule has 1 heterocycles. The van der Waals surface area contributed by atoms with E-state index in [4.69, 9.17) is 9.05 Å². The van der Waals surface area contributed by atoms with Crippen LogP contribution in [-0.4, -0.2) is 24.2 Å². The van der Waals surface area contributed by atoms with E-state index in [0.29, 0.717) is 5.13 Å². The molecule has 2 aromatic carbocycles. The maximum absolute atomic E-state index is 12.9. The molecular weight excluding hydrogens is 407 g/mol. The first-order chi connectivity index (χ1) is 14.1. The van der Waals surface area contributed by atoms with Gasteiger partial charge in [0.2, 0.25) is 5.96 Å². The summed E-state index contributed by atoms with van der Waals surface area (Å²) in [5, 5.41) is 8.78.